The van der Waals surface area contributed by atoms with Crippen molar-refractivity contribution in [3.63, 3.8) is 0 Å². The normalized spacial score (nSPS) is 12.7. The average Bonchev–Trinajstić information content (AvgIpc) is 2.15. The molecule has 0 unspecified atom stereocenters. The summed E-state index contributed by atoms with van der Waals surface area (Å²) in [6.45, 7) is 10.3. The molecule has 94 valence electrons. The van der Waals surface area contributed by atoms with E-state index in [9.17, 15) is 0 Å². The molecule has 0 aliphatic heterocycles. The molecule has 4 N–H and O–H groups in total. The third-order valence-corrected chi connectivity index (χ3v) is 2.84. The largest absolute Gasteiger partial charge is 0.400 e. The summed E-state index contributed by atoms with van der Waals surface area (Å²) in [6, 6.07) is 6.12. The van der Waals surface area contributed by atoms with E-state index >= 15 is 0 Å². The van der Waals surface area contributed by atoms with Gasteiger partial charge in [-0.05, 0) is 25.0 Å². The first kappa shape index (κ1) is 13.6. The number of allylic oxidation sites excluding steroid dienone is 1. The van der Waals surface area contributed by atoms with Crippen LogP contribution in [-0.2, 0) is 0 Å². The summed E-state index contributed by atoms with van der Waals surface area (Å²) in [6.07, 6.45) is 1.80. The van der Waals surface area contributed by atoms with Crippen molar-refractivity contribution in [2.75, 3.05) is 5.01 Å². The molecule has 0 radical (unpaired) electrons. The molecule has 0 atom stereocenters. The molecule has 1 aromatic rings. The van der Waals surface area contributed by atoms with Gasteiger partial charge in [-0.25, -0.2) is 5.84 Å². The summed E-state index contributed by atoms with van der Waals surface area (Å²) in [4.78, 5) is 0. The standard InChI is InChI=1S/C14H23N3/c1-10-7-6-8-11(2)13(10)17(16)9-12(15)14(3,4)5/h6-9H,15-16H2,1-5H3/b12-9-. The number of hydrogen-bond acceptors (Lipinski definition) is 3. The molecule has 0 amide bonds. The number of hydrazine groups is 1. The van der Waals surface area contributed by atoms with E-state index in [1.807, 2.05) is 32.0 Å². The van der Waals surface area contributed by atoms with E-state index in [0.29, 0.717) is 0 Å². The zero-order valence-corrected chi connectivity index (χ0v) is 11.4. The van der Waals surface area contributed by atoms with Gasteiger partial charge in [-0.15, -0.1) is 0 Å². The Morgan fingerprint density at radius 1 is 1.18 bits per heavy atom. The van der Waals surface area contributed by atoms with Crippen LogP contribution < -0.4 is 16.6 Å². The maximum atomic E-state index is 6.07. The third kappa shape index (κ3) is 3.24. The van der Waals surface area contributed by atoms with Crippen LogP contribution in [-0.4, -0.2) is 0 Å². The number of nitrogens with two attached hydrogens (primary N) is 2. The molecule has 0 saturated heterocycles. The maximum Gasteiger partial charge on any atom is 0.0627 e. The van der Waals surface area contributed by atoms with Gasteiger partial charge in [0.05, 0.1) is 5.69 Å². The molecule has 3 nitrogen and oxygen atoms in total. The first-order valence-corrected chi connectivity index (χ1v) is 5.81. The van der Waals surface area contributed by atoms with Crippen molar-refractivity contribution < 1.29 is 0 Å². The van der Waals surface area contributed by atoms with Crippen LogP contribution in [0.25, 0.3) is 0 Å². The van der Waals surface area contributed by atoms with E-state index in [1.54, 1.807) is 11.2 Å². The van der Waals surface area contributed by atoms with Crippen molar-refractivity contribution in [1.82, 2.24) is 0 Å². The summed E-state index contributed by atoms with van der Waals surface area (Å²) in [5, 5.41) is 1.62. The van der Waals surface area contributed by atoms with Crippen molar-refractivity contribution in [1.29, 1.82) is 0 Å². The monoisotopic (exact) mass is 233 g/mol. The lowest BCUT2D eigenvalue weighted by Gasteiger charge is -2.24. The molecule has 0 heterocycles. The van der Waals surface area contributed by atoms with E-state index in [-0.39, 0.29) is 5.41 Å². The number of benzene rings is 1. The fraction of sp³-hybridized carbons (Fsp3) is 0.429. The summed E-state index contributed by atoms with van der Waals surface area (Å²) < 4.78 is 0. The Morgan fingerprint density at radius 2 is 1.65 bits per heavy atom. The van der Waals surface area contributed by atoms with Crippen LogP contribution in [0.4, 0.5) is 5.69 Å². The number of aryl methyl sites for hydroxylation is 2. The van der Waals surface area contributed by atoms with Crippen LogP contribution >= 0.6 is 0 Å². The topological polar surface area (TPSA) is 55.3 Å². The van der Waals surface area contributed by atoms with Gasteiger partial charge in [0.2, 0.25) is 0 Å². The van der Waals surface area contributed by atoms with Gasteiger partial charge in [0.15, 0.2) is 0 Å². The van der Waals surface area contributed by atoms with Gasteiger partial charge in [-0.2, -0.15) is 0 Å². The van der Waals surface area contributed by atoms with Crippen LogP contribution in [0.2, 0.25) is 0 Å². The number of anilines is 1. The lowest BCUT2D eigenvalue weighted by atomic mass is 9.93. The Labute approximate surface area is 104 Å². The molecule has 1 rings (SSSR count). The van der Waals surface area contributed by atoms with E-state index in [0.717, 1.165) is 22.5 Å². The first-order chi connectivity index (χ1) is 7.73. The van der Waals surface area contributed by atoms with Crippen LogP contribution in [0.15, 0.2) is 30.1 Å². The highest BCUT2D eigenvalue weighted by Crippen LogP contribution is 2.25. The fourth-order valence-corrected chi connectivity index (χ4v) is 1.62. The minimum Gasteiger partial charge on any atom is -0.400 e. The van der Waals surface area contributed by atoms with Crippen molar-refractivity contribution in [2.24, 2.45) is 17.0 Å². The second kappa shape index (κ2) is 4.80. The molecule has 0 fully saturated rings. The van der Waals surface area contributed by atoms with Crippen molar-refractivity contribution in [2.45, 2.75) is 34.6 Å². The summed E-state index contributed by atoms with van der Waals surface area (Å²) in [7, 11) is 0. The molecule has 0 aliphatic carbocycles. The molecule has 1 aromatic carbocycles. The van der Waals surface area contributed by atoms with E-state index in [4.69, 9.17) is 11.6 Å². The maximum absolute atomic E-state index is 6.07. The zero-order valence-electron chi connectivity index (χ0n) is 11.4. The smallest absolute Gasteiger partial charge is 0.0627 e. The van der Waals surface area contributed by atoms with Gasteiger partial charge >= 0.3 is 0 Å². The lowest BCUT2D eigenvalue weighted by molar-refractivity contribution is 0.495. The fourth-order valence-electron chi connectivity index (χ4n) is 1.62. The Kier molecular flexibility index (Phi) is 3.83. The summed E-state index contributed by atoms with van der Waals surface area (Å²) in [5.41, 5.74) is 10.0. The highest BCUT2D eigenvalue weighted by atomic mass is 15.4. The van der Waals surface area contributed by atoms with Gasteiger partial charge in [0.25, 0.3) is 0 Å². The highest BCUT2D eigenvalue weighted by Gasteiger charge is 2.15. The second-order valence-corrected chi connectivity index (χ2v) is 5.48. The number of hydrogen-bond donors (Lipinski definition) is 2. The van der Waals surface area contributed by atoms with Crippen molar-refractivity contribution >= 4 is 5.69 Å². The van der Waals surface area contributed by atoms with Crippen LogP contribution in [0.5, 0.6) is 0 Å². The molecule has 0 saturated carbocycles. The molecule has 3 heteroatoms. The summed E-state index contributed by atoms with van der Waals surface area (Å²) in [5.74, 6) is 6.07. The molecule has 0 aromatic heterocycles. The molecular weight excluding hydrogens is 210 g/mol. The Morgan fingerprint density at radius 3 is 2.06 bits per heavy atom. The van der Waals surface area contributed by atoms with Gasteiger partial charge in [-0.3, -0.25) is 5.01 Å². The van der Waals surface area contributed by atoms with Gasteiger partial charge in [0, 0.05) is 17.3 Å². The third-order valence-electron chi connectivity index (χ3n) is 2.84. The molecule has 17 heavy (non-hydrogen) atoms. The van der Waals surface area contributed by atoms with Crippen LogP contribution in [0.1, 0.15) is 31.9 Å². The number of nitrogens with zero attached hydrogens (tertiary/aromatic N) is 1. The summed E-state index contributed by atoms with van der Waals surface area (Å²) >= 11 is 0. The van der Waals surface area contributed by atoms with Crippen LogP contribution in [0, 0.1) is 19.3 Å². The minimum atomic E-state index is -0.0752. The molecule has 0 aliphatic rings. The number of para-hydroxylation sites is 1. The van der Waals surface area contributed by atoms with Gasteiger partial charge in [0.1, 0.15) is 0 Å². The SMILES string of the molecule is Cc1cccc(C)c1N(N)/C=C(\N)C(C)(C)C. The Hall–Kier alpha value is -1.48. The quantitative estimate of drug-likeness (QED) is 0.610. The average molecular weight is 233 g/mol. The molecule has 0 bridgehead atoms. The molecular formula is C14H23N3. The Balaban J connectivity index is 3.10. The predicted molar refractivity (Wildman–Crippen MR) is 74.3 cm³/mol. The van der Waals surface area contributed by atoms with E-state index in [2.05, 4.69) is 20.8 Å². The zero-order chi connectivity index (χ0) is 13.2. The van der Waals surface area contributed by atoms with Gasteiger partial charge < -0.3 is 5.73 Å². The second-order valence-electron chi connectivity index (χ2n) is 5.48. The Bertz CT molecular complexity index is 407. The predicted octanol–water partition coefficient (Wildman–Crippen LogP) is 2.83. The van der Waals surface area contributed by atoms with Crippen LogP contribution in [0.3, 0.4) is 0 Å². The molecule has 0 spiro atoms. The van der Waals surface area contributed by atoms with E-state index < -0.39 is 0 Å². The van der Waals surface area contributed by atoms with Gasteiger partial charge in [-0.1, -0.05) is 39.0 Å². The lowest BCUT2D eigenvalue weighted by Crippen LogP contribution is -2.30. The van der Waals surface area contributed by atoms with Crippen molar-refractivity contribution in [3.8, 4) is 0 Å². The highest BCUT2D eigenvalue weighted by molar-refractivity contribution is 5.59. The van der Waals surface area contributed by atoms with E-state index in [1.165, 1.54) is 0 Å². The van der Waals surface area contributed by atoms with Crippen molar-refractivity contribution in [3.05, 3.63) is 41.2 Å². The minimum absolute atomic E-state index is 0.0752. The first-order valence-electron chi connectivity index (χ1n) is 5.81. The number of rotatable bonds is 2.